The summed E-state index contributed by atoms with van der Waals surface area (Å²) < 4.78 is 1.76. The Morgan fingerprint density at radius 2 is 2.19 bits per heavy atom. The number of benzene rings is 1. The van der Waals surface area contributed by atoms with Gasteiger partial charge in [0.2, 0.25) is 0 Å². The Labute approximate surface area is 92.0 Å². The lowest BCUT2D eigenvalue weighted by Crippen LogP contribution is -2.01. The van der Waals surface area contributed by atoms with E-state index in [1.807, 2.05) is 0 Å². The van der Waals surface area contributed by atoms with Crippen molar-refractivity contribution in [1.29, 1.82) is 0 Å². The zero-order valence-electron chi connectivity index (χ0n) is 9.01. The number of nitrogens with zero attached hydrogens (tertiary/aromatic N) is 2. The predicted octanol–water partition coefficient (Wildman–Crippen LogP) is 1.32. The number of fused-ring (bicyclic) bond motifs is 1. The van der Waals surface area contributed by atoms with Gasteiger partial charge in [0.15, 0.2) is 0 Å². The summed E-state index contributed by atoms with van der Waals surface area (Å²) in [4.78, 5) is 15.0. The molecule has 1 atom stereocenters. The average molecular weight is 220 g/mol. The Bertz CT molecular complexity index is 558. The van der Waals surface area contributed by atoms with Crippen LogP contribution >= 0.6 is 0 Å². The maximum Gasteiger partial charge on any atom is 0.335 e. The quantitative estimate of drug-likeness (QED) is 0.800. The second-order valence-corrected chi connectivity index (χ2v) is 3.71. The number of aromatic nitrogens is 2. The molecule has 0 aliphatic rings. The summed E-state index contributed by atoms with van der Waals surface area (Å²) in [6, 6.07) is 4.72. The molecule has 16 heavy (non-hydrogen) atoms. The van der Waals surface area contributed by atoms with Gasteiger partial charge in [0.25, 0.3) is 0 Å². The highest BCUT2D eigenvalue weighted by molar-refractivity contribution is 5.92. The number of imidazole rings is 1. The summed E-state index contributed by atoms with van der Waals surface area (Å²) in [5, 5.41) is 18.3. The number of rotatable bonds is 2. The molecule has 1 unspecified atom stereocenters. The Hall–Kier alpha value is -1.88. The highest BCUT2D eigenvalue weighted by Gasteiger charge is 2.13. The number of aliphatic hydroxyl groups excluding tert-OH is 1. The first-order chi connectivity index (χ1) is 7.50. The third-order valence-corrected chi connectivity index (χ3v) is 2.54. The van der Waals surface area contributed by atoms with Crippen molar-refractivity contribution in [1.82, 2.24) is 9.55 Å². The number of hydrogen-bond acceptors (Lipinski definition) is 3. The van der Waals surface area contributed by atoms with Gasteiger partial charge in [0, 0.05) is 7.05 Å². The van der Waals surface area contributed by atoms with Crippen LogP contribution in [0.4, 0.5) is 0 Å². The van der Waals surface area contributed by atoms with E-state index in [4.69, 9.17) is 5.11 Å². The van der Waals surface area contributed by atoms with Gasteiger partial charge in [-0.25, -0.2) is 9.78 Å². The minimum atomic E-state index is -0.980. The number of aliphatic hydroxyl groups is 1. The van der Waals surface area contributed by atoms with Crippen molar-refractivity contribution in [2.75, 3.05) is 0 Å². The molecule has 0 radical (unpaired) electrons. The molecule has 84 valence electrons. The molecule has 2 N–H and O–H groups in total. The van der Waals surface area contributed by atoms with E-state index in [2.05, 4.69) is 4.98 Å². The Balaban J connectivity index is 2.67. The maximum absolute atomic E-state index is 10.8. The monoisotopic (exact) mass is 220 g/mol. The van der Waals surface area contributed by atoms with E-state index >= 15 is 0 Å². The van der Waals surface area contributed by atoms with Crippen molar-refractivity contribution in [3.63, 3.8) is 0 Å². The van der Waals surface area contributed by atoms with Crippen LogP contribution in [0.15, 0.2) is 18.2 Å². The molecule has 0 aliphatic carbocycles. The molecule has 1 heterocycles. The fourth-order valence-electron chi connectivity index (χ4n) is 1.73. The van der Waals surface area contributed by atoms with Crippen LogP contribution in [-0.4, -0.2) is 25.7 Å². The van der Waals surface area contributed by atoms with Crippen LogP contribution in [0.1, 0.15) is 29.2 Å². The zero-order chi connectivity index (χ0) is 11.9. The van der Waals surface area contributed by atoms with Crippen LogP contribution in [0.3, 0.4) is 0 Å². The van der Waals surface area contributed by atoms with Crippen LogP contribution in [0.25, 0.3) is 11.0 Å². The summed E-state index contributed by atoms with van der Waals surface area (Å²) >= 11 is 0. The Kier molecular flexibility index (Phi) is 2.40. The van der Waals surface area contributed by atoms with E-state index in [-0.39, 0.29) is 5.56 Å². The Morgan fingerprint density at radius 1 is 1.50 bits per heavy atom. The normalized spacial score (nSPS) is 12.9. The van der Waals surface area contributed by atoms with Crippen LogP contribution in [-0.2, 0) is 7.05 Å². The minimum Gasteiger partial charge on any atom is -0.478 e. The molecule has 5 nitrogen and oxygen atoms in total. The first-order valence-corrected chi connectivity index (χ1v) is 4.88. The third-order valence-electron chi connectivity index (χ3n) is 2.54. The van der Waals surface area contributed by atoms with Crippen LogP contribution in [0, 0.1) is 0 Å². The molecule has 0 saturated heterocycles. The van der Waals surface area contributed by atoms with Gasteiger partial charge in [0.05, 0.1) is 16.6 Å². The molecule has 0 spiro atoms. The number of carboxylic acid groups (broad SMARTS) is 1. The molecule has 0 fully saturated rings. The average Bonchev–Trinajstić information content (AvgIpc) is 2.55. The van der Waals surface area contributed by atoms with Crippen molar-refractivity contribution in [2.24, 2.45) is 7.05 Å². The highest BCUT2D eigenvalue weighted by atomic mass is 16.4. The van der Waals surface area contributed by atoms with Gasteiger partial charge in [-0.15, -0.1) is 0 Å². The van der Waals surface area contributed by atoms with Gasteiger partial charge in [-0.3, -0.25) is 0 Å². The van der Waals surface area contributed by atoms with Crippen molar-refractivity contribution in [2.45, 2.75) is 13.0 Å². The number of carboxylic acids is 1. The molecule has 5 heteroatoms. The summed E-state index contributed by atoms with van der Waals surface area (Å²) in [6.45, 7) is 1.62. The van der Waals surface area contributed by atoms with Crippen molar-refractivity contribution in [3.05, 3.63) is 29.6 Å². The van der Waals surface area contributed by atoms with Crippen LogP contribution in [0.5, 0.6) is 0 Å². The second-order valence-electron chi connectivity index (χ2n) is 3.71. The second kappa shape index (κ2) is 3.61. The van der Waals surface area contributed by atoms with Crippen molar-refractivity contribution < 1.29 is 15.0 Å². The van der Waals surface area contributed by atoms with Crippen molar-refractivity contribution >= 4 is 17.0 Å². The SMILES string of the molecule is CC(O)c1nc2cc(C(=O)O)ccc2n1C. The first-order valence-electron chi connectivity index (χ1n) is 4.88. The first kappa shape index (κ1) is 10.6. The van der Waals surface area contributed by atoms with E-state index in [0.29, 0.717) is 11.3 Å². The Morgan fingerprint density at radius 3 is 2.75 bits per heavy atom. The number of aryl methyl sites for hydroxylation is 1. The zero-order valence-corrected chi connectivity index (χ0v) is 9.01. The van der Waals surface area contributed by atoms with E-state index < -0.39 is 12.1 Å². The standard InChI is InChI=1S/C11H12N2O3/c1-6(14)10-12-8-5-7(11(15)16)3-4-9(8)13(10)2/h3-6,14H,1-2H3,(H,15,16). The van der Waals surface area contributed by atoms with Gasteiger partial charge in [-0.1, -0.05) is 0 Å². The third kappa shape index (κ3) is 1.55. The molecular weight excluding hydrogens is 208 g/mol. The number of carbonyl (C=O) groups is 1. The molecular formula is C11H12N2O3. The molecule has 1 aromatic heterocycles. The largest absolute Gasteiger partial charge is 0.478 e. The molecule has 0 amide bonds. The fourth-order valence-corrected chi connectivity index (χ4v) is 1.73. The summed E-state index contributed by atoms with van der Waals surface area (Å²) in [5.41, 5.74) is 1.59. The van der Waals surface area contributed by atoms with Gasteiger partial charge in [-0.05, 0) is 25.1 Å². The molecule has 0 saturated carbocycles. The molecule has 1 aromatic carbocycles. The van der Waals surface area contributed by atoms with E-state index in [1.54, 1.807) is 24.6 Å². The smallest absolute Gasteiger partial charge is 0.335 e. The summed E-state index contributed by atoms with van der Waals surface area (Å²) in [6.07, 6.45) is -0.675. The van der Waals surface area contributed by atoms with Gasteiger partial charge < -0.3 is 14.8 Å². The lowest BCUT2D eigenvalue weighted by molar-refractivity contribution is 0.0697. The van der Waals surface area contributed by atoms with Gasteiger partial charge in [0.1, 0.15) is 11.9 Å². The summed E-state index contributed by atoms with van der Waals surface area (Å²) in [5.74, 6) is -0.455. The molecule has 0 aliphatic heterocycles. The van der Waals surface area contributed by atoms with E-state index in [1.165, 1.54) is 12.1 Å². The number of hydrogen-bond donors (Lipinski definition) is 2. The van der Waals surface area contributed by atoms with Gasteiger partial charge >= 0.3 is 5.97 Å². The lowest BCUT2D eigenvalue weighted by Gasteiger charge is -2.03. The van der Waals surface area contributed by atoms with E-state index in [0.717, 1.165) is 5.52 Å². The molecule has 0 bridgehead atoms. The summed E-state index contributed by atoms with van der Waals surface area (Å²) in [7, 11) is 1.79. The lowest BCUT2D eigenvalue weighted by atomic mass is 10.2. The maximum atomic E-state index is 10.8. The van der Waals surface area contributed by atoms with E-state index in [9.17, 15) is 9.90 Å². The highest BCUT2D eigenvalue weighted by Crippen LogP contribution is 2.20. The van der Waals surface area contributed by atoms with Crippen molar-refractivity contribution in [3.8, 4) is 0 Å². The van der Waals surface area contributed by atoms with Crippen LogP contribution < -0.4 is 0 Å². The van der Waals surface area contributed by atoms with Gasteiger partial charge in [-0.2, -0.15) is 0 Å². The molecule has 2 aromatic rings. The molecule has 2 rings (SSSR count). The van der Waals surface area contributed by atoms with Crippen LogP contribution in [0.2, 0.25) is 0 Å². The fraction of sp³-hybridized carbons (Fsp3) is 0.273. The topological polar surface area (TPSA) is 75.3 Å². The minimum absolute atomic E-state index is 0.197. The number of aromatic carboxylic acids is 1. The predicted molar refractivity (Wildman–Crippen MR) is 58.3 cm³/mol.